The van der Waals surface area contributed by atoms with Gasteiger partial charge in [0.25, 0.3) is 0 Å². The number of carbonyl (C=O) groups is 2. The number of methoxy groups -OCH3 is 1. The Balaban J connectivity index is 2.39. The van der Waals surface area contributed by atoms with E-state index in [0.29, 0.717) is 19.7 Å². The Bertz CT molecular complexity index is 242. The van der Waals surface area contributed by atoms with Gasteiger partial charge in [-0.2, -0.15) is 0 Å². The first kappa shape index (κ1) is 11.0. The molecular formula is C9H16N2O3. The molecule has 1 aliphatic rings. The summed E-state index contributed by atoms with van der Waals surface area (Å²) in [5.41, 5.74) is -0.592. The molecule has 1 rings (SSSR count). The van der Waals surface area contributed by atoms with Gasteiger partial charge in [0.15, 0.2) is 0 Å². The summed E-state index contributed by atoms with van der Waals surface area (Å²) in [6.45, 7) is 3.18. The average Bonchev–Trinajstić information content (AvgIpc) is 2.48. The third-order valence-corrected chi connectivity index (χ3v) is 2.37. The van der Waals surface area contributed by atoms with Crippen LogP contribution in [-0.4, -0.2) is 38.6 Å². The van der Waals surface area contributed by atoms with E-state index < -0.39 is 5.41 Å². The molecule has 0 aliphatic carbocycles. The van der Waals surface area contributed by atoms with Crippen molar-refractivity contribution in [1.29, 1.82) is 0 Å². The van der Waals surface area contributed by atoms with Gasteiger partial charge in [0.05, 0.1) is 12.0 Å². The SMILES string of the molecule is COCCNC(=O)C1(C)CNC(=O)C1. The molecule has 80 valence electrons. The Morgan fingerprint density at radius 3 is 2.93 bits per heavy atom. The second-order valence-corrected chi connectivity index (χ2v) is 3.76. The van der Waals surface area contributed by atoms with Crippen LogP contribution < -0.4 is 10.6 Å². The summed E-state index contributed by atoms with van der Waals surface area (Å²) < 4.78 is 4.81. The predicted molar refractivity (Wildman–Crippen MR) is 50.6 cm³/mol. The minimum Gasteiger partial charge on any atom is -0.383 e. The van der Waals surface area contributed by atoms with E-state index in [0.717, 1.165) is 0 Å². The van der Waals surface area contributed by atoms with E-state index in [1.807, 2.05) is 0 Å². The van der Waals surface area contributed by atoms with Gasteiger partial charge < -0.3 is 15.4 Å². The molecule has 5 heteroatoms. The molecule has 2 N–H and O–H groups in total. The summed E-state index contributed by atoms with van der Waals surface area (Å²) in [5, 5.41) is 5.38. The van der Waals surface area contributed by atoms with E-state index in [4.69, 9.17) is 4.74 Å². The minimum absolute atomic E-state index is 0.0607. The number of amides is 2. The fourth-order valence-electron chi connectivity index (χ4n) is 1.41. The van der Waals surface area contributed by atoms with Crippen LogP contribution in [0.2, 0.25) is 0 Å². The maximum Gasteiger partial charge on any atom is 0.228 e. The normalized spacial score (nSPS) is 26.0. The number of hydrogen-bond donors (Lipinski definition) is 2. The van der Waals surface area contributed by atoms with Crippen molar-refractivity contribution < 1.29 is 14.3 Å². The first-order chi connectivity index (χ1) is 6.58. The molecule has 0 aromatic rings. The molecule has 2 amide bonds. The van der Waals surface area contributed by atoms with Crippen molar-refractivity contribution in [2.24, 2.45) is 5.41 Å². The van der Waals surface area contributed by atoms with Crippen molar-refractivity contribution in [2.75, 3.05) is 26.8 Å². The van der Waals surface area contributed by atoms with Crippen LogP contribution in [0.25, 0.3) is 0 Å². The Kier molecular flexibility index (Phi) is 3.46. The monoisotopic (exact) mass is 200 g/mol. The molecule has 1 atom stereocenters. The van der Waals surface area contributed by atoms with E-state index in [1.165, 1.54) is 0 Å². The smallest absolute Gasteiger partial charge is 0.228 e. The van der Waals surface area contributed by atoms with Crippen molar-refractivity contribution >= 4 is 11.8 Å². The summed E-state index contributed by atoms with van der Waals surface area (Å²) >= 11 is 0. The van der Waals surface area contributed by atoms with Crippen molar-refractivity contribution in [3.05, 3.63) is 0 Å². The van der Waals surface area contributed by atoms with Crippen LogP contribution in [0.4, 0.5) is 0 Å². The van der Waals surface area contributed by atoms with Gasteiger partial charge in [0.1, 0.15) is 0 Å². The fourth-order valence-corrected chi connectivity index (χ4v) is 1.41. The predicted octanol–water partition coefficient (Wildman–Crippen LogP) is -0.725. The summed E-state index contributed by atoms with van der Waals surface area (Å²) in [4.78, 5) is 22.6. The molecule has 1 heterocycles. The van der Waals surface area contributed by atoms with Gasteiger partial charge in [0.2, 0.25) is 11.8 Å². The van der Waals surface area contributed by atoms with Gasteiger partial charge in [0, 0.05) is 26.6 Å². The number of hydrogen-bond acceptors (Lipinski definition) is 3. The van der Waals surface area contributed by atoms with Gasteiger partial charge in [-0.3, -0.25) is 9.59 Å². The molecule has 1 saturated heterocycles. The van der Waals surface area contributed by atoms with E-state index >= 15 is 0 Å². The highest BCUT2D eigenvalue weighted by Gasteiger charge is 2.40. The molecule has 0 aromatic heterocycles. The maximum atomic E-state index is 11.6. The Morgan fingerprint density at radius 1 is 1.71 bits per heavy atom. The summed E-state index contributed by atoms with van der Waals surface area (Å²) in [6, 6.07) is 0. The molecule has 0 bridgehead atoms. The van der Waals surface area contributed by atoms with Crippen molar-refractivity contribution in [3.63, 3.8) is 0 Å². The highest BCUT2D eigenvalue weighted by Crippen LogP contribution is 2.24. The van der Waals surface area contributed by atoms with Crippen molar-refractivity contribution in [3.8, 4) is 0 Å². The lowest BCUT2D eigenvalue weighted by Crippen LogP contribution is -2.41. The zero-order valence-corrected chi connectivity index (χ0v) is 8.55. The third kappa shape index (κ3) is 2.45. The number of ether oxygens (including phenoxy) is 1. The lowest BCUT2D eigenvalue weighted by molar-refractivity contribution is -0.131. The van der Waals surface area contributed by atoms with Crippen LogP contribution >= 0.6 is 0 Å². The van der Waals surface area contributed by atoms with Gasteiger partial charge in [-0.25, -0.2) is 0 Å². The standard InChI is InChI=1S/C9H16N2O3/c1-9(5-7(12)11-6-9)8(13)10-3-4-14-2/h3-6H2,1-2H3,(H,10,13)(H,11,12). The van der Waals surface area contributed by atoms with Crippen LogP contribution in [0.5, 0.6) is 0 Å². The quantitative estimate of drug-likeness (QED) is 0.588. The lowest BCUT2D eigenvalue weighted by Gasteiger charge is -2.19. The minimum atomic E-state index is -0.592. The molecule has 0 saturated carbocycles. The van der Waals surface area contributed by atoms with E-state index in [-0.39, 0.29) is 18.2 Å². The Labute approximate surface area is 83.2 Å². The van der Waals surface area contributed by atoms with Crippen molar-refractivity contribution in [1.82, 2.24) is 10.6 Å². The second kappa shape index (κ2) is 4.41. The fraction of sp³-hybridized carbons (Fsp3) is 0.778. The first-order valence-corrected chi connectivity index (χ1v) is 4.62. The molecule has 1 unspecified atom stereocenters. The largest absolute Gasteiger partial charge is 0.383 e. The Morgan fingerprint density at radius 2 is 2.43 bits per heavy atom. The van der Waals surface area contributed by atoms with Gasteiger partial charge in [-0.15, -0.1) is 0 Å². The van der Waals surface area contributed by atoms with E-state index in [1.54, 1.807) is 14.0 Å². The molecule has 14 heavy (non-hydrogen) atoms. The highest BCUT2D eigenvalue weighted by atomic mass is 16.5. The molecule has 5 nitrogen and oxygen atoms in total. The highest BCUT2D eigenvalue weighted by molar-refractivity contribution is 5.92. The topological polar surface area (TPSA) is 67.4 Å². The van der Waals surface area contributed by atoms with Gasteiger partial charge in [-0.05, 0) is 6.92 Å². The summed E-state index contributed by atoms with van der Waals surface area (Å²) in [7, 11) is 1.58. The van der Waals surface area contributed by atoms with Crippen LogP contribution in [0, 0.1) is 5.41 Å². The zero-order valence-electron chi connectivity index (χ0n) is 8.55. The number of carbonyl (C=O) groups excluding carboxylic acids is 2. The molecule has 0 radical (unpaired) electrons. The lowest BCUT2D eigenvalue weighted by atomic mass is 9.88. The van der Waals surface area contributed by atoms with Crippen molar-refractivity contribution in [2.45, 2.75) is 13.3 Å². The number of nitrogens with one attached hydrogen (secondary N) is 2. The van der Waals surface area contributed by atoms with E-state index in [2.05, 4.69) is 10.6 Å². The van der Waals surface area contributed by atoms with Crippen LogP contribution in [0.3, 0.4) is 0 Å². The summed E-state index contributed by atoms with van der Waals surface area (Å²) in [6.07, 6.45) is 0.270. The summed E-state index contributed by atoms with van der Waals surface area (Å²) in [5.74, 6) is -0.151. The van der Waals surface area contributed by atoms with Crippen LogP contribution in [-0.2, 0) is 14.3 Å². The van der Waals surface area contributed by atoms with Crippen LogP contribution in [0.15, 0.2) is 0 Å². The number of rotatable bonds is 4. The zero-order chi connectivity index (χ0) is 10.6. The van der Waals surface area contributed by atoms with E-state index in [9.17, 15) is 9.59 Å². The molecular weight excluding hydrogens is 184 g/mol. The average molecular weight is 200 g/mol. The van der Waals surface area contributed by atoms with Crippen LogP contribution in [0.1, 0.15) is 13.3 Å². The van der Waals surface area contributed by atoms with Gasteiger partial charge >= 0.3 is 0 Å². The Hall–Kier alpha value is -1.10. The molecule has 1 aliphatic heterocycles. The first-order valence-electron chi connectivity index (χ1n) is 4.62. The molecule has 1 fully saturated rings. The maximum absolute atomic E-state index is 11.6. The third-order valence-electron chi connectivity index (χ3n) is 2.37. The molecule has 0 spiro atoms. The second-order valence-electron chi connectivity index (χ2n) is 3.76. The van der Waals surface area contributed by atoms with Gasteiger partial charge in [-0.1, -0.05) is 0 Å². The molecule has 0 aromatic carbocycles.